The molecule has 36 heavy (non-hydrogen) atoms. The number of carbonyl (C=O) groups is 1. The number of ether oxygens (including phenoxy) is 2. The van der Waals surface area contributed by atoms with Crippen molar-refractivity contribution in [3.8, 4) is 17.6 Å². The summed E-state index contributed by atoms with van der Waals surface area (Å²) in [6.45, 7) is 6.47. The van der Waals surface area contributed by atoms with Crippen LogP contribution in [0.4, 0.5) is 0 Å². The summed E-state index contributed by atoms with van der Waals surface area (Å²) in [4.78, 5) is 13.0. The molecule has 2 N–H and O–H groups in total. The zero-order chi connectivity index (χ0) is 25.4. The molecule has 5 heteroatoms. The average molecular weight is 475 g/mol. The zero-order valence-corrected chi connectivity index (χ0v) is 20.4. The van der Waals surface area contributed by atoms with Gasteiger partial charge in [-0.25, -0.2) is 4.79 Å². The van der Waals surface area contributed by atoms with Gasteiger partial charge < -0.3 is 15.2 Å². The van der Waals surface area contributed by atoms with Crippen molar-refractivity contribution in [2.24, 2.45) is 5.73 Å². The van der Waals surface area contributed by atoms with Crippen molar-refractivity contribution in [3.63, 3.8) is 0 Å². The third kappa shape index (κ3) is 4.18. The molecule has 0 bridgehead atoms. The monoisotopic (exact) mass is 474 g/mol. The summed E-state index contributed by atoms with van der Waals surface area (Å²) in [6.07, 6.45) is 0. The van der Waals surface area contributed by atoms with E-state index in [9.17, 15) is 10.1 Å². The number of allylic oxidation sites excluding steroid dienone is 1. The molecule has 1 aliphatic rings. The second-order valence-electron chi connectivity index (χ2n) is 9.91. The lowest BCUT2D eigenvalue weighted by Gasteiger charge is -2.27. The molecule has 1 unspecified atom stereocenters. The molecule has 1 aliphatic heterocycles. The van der Waals surface area contributed by atoms with Crippen molar-refractivity contribution in [1.29, 1.82) is 5.26 Å². The molecule has 0 aromatic heterocycles. The number of esters is 1. The van der Waals surface area contributed by atoms with E-state index < -0.39 is 5.97 Å². The molecule has 0 saturated heterocycles. The Hall–Kier alpha value is -4.56. The van der Waals surface area contributed by atoms with Gasteiger partial charge in [0.2, 0.25) is 5.88 Å². The number of fused-ring (bicyclic) bond motifs is 2. The van der Waals surface area contributed by atoms with E-state index in [-0.39, 0.29) is 17.2 Å². The Morgan fingerprint density at radius 1 is 0.972 bits per heavy atom. The standard InChI is InChI=1S/C31H26N2O3/c1-31(2,3)21-13-11-20(12-14-21)28-25-16-15-22(17-27(25)36-29(33)26(28)18-32)35-30(34)24-10-6-8-19-7-4-5-9-23(19)24/h4-17,28H,33H2,1-3H3. The van der Waals surface area contributed by atoms with Gasteiger partial charge in [-0.2, -0.15) is 5.26 Å². The number of rotatable bonds is 3. The van der Waals surface area contributed by atoms with Crippen LogP contribution in [0.2, 0.25) is 0 Å². The molecule has 0 fully saturated rings. The molecule has 0 aliphatic carbocycles. The minimum Gasteiger partial charge on any atom is -0.440 e. The molecule has 178 valence electrons. The van der Waals surface area contributed by atoms with Gasteiger partial charge in [-0.1, -0.05) is 87.5 Å². The van der Waals surface area contributed by atoms with E-state index in [0.29, 0.717) is 22.6 Å². The Bertz CT molecular complexity index is 1550. The van der Waals surface area contributed by atoms with Crippen molar-refractivity contribution in [1.82, 2.24) is 0 Å². The fraction of sp³-hybridized carbons (Fsp3) is 0.161. The minimum atomic E-state index is -0.460. The summed E-state index contributed by atoms with van der Waals surface area (Å²) in [6, 6.07) is 28.8. The number of benzene rings is 4. The zero-order valence-electron chi connectivity index (χ0n) is 20.4. The summed E-state index contributed by atoms with van der Waals surface area (Å²) in [5, 5.41) is 11.6. The normalized spacial score (nSPS) is 15.1. The SMILES string of the molecule is CC(C)(C)c1ccc(C2C(C#N)=C(N)Oc3cc(OC(=O)c4cccc5ccccc45)ccc32)cc1. The highest BCUT2D eigenvalue weighted by molar-refractivity contribution is 6.05. The summed E-state index contributed by atoms with van der Waals surface area (Å²) in [7, 11) is 0. The van der Waals surface area contributed by atoms with Gasteiger partial charge in [-0.05, 0) is 39.4 Å². The fourth-order valence-electron chi connectivity index (χ4n) is 4.58. The number of hydrogen-bond acceptors (Lipinski definition) is 5. The highest BCUT2D eigenvalue weighted by Gasteiger charge is 2.31. The van der Waals surface area contributed by atoms with Gasteiger partial charge in [-0.3, -0.25) is 0 Å². The van der Waals surface area contributed by atoms with Crippen LogP contribution in [0, 0.1) is 11.3 Å². The third-order valence-corrected chi connectivity index (χ3v) is 6.52. The van der Waals surface area contributed by atoms with Gasteiger partial charge in [0.15, 0.2) is 0 Å². The third-order valence-electron chi connectivity index (χ3n) is 6.52. The lowest BCUT2D eigenvalue weighted by Crippen LogP contribution is -2.21. The Balaban J connectivity index is 1.49. The molecular formula is C31H26N2O3. The minimum absolute atomic E-state index is 0.0158. The molecule has 5 rings (SSSR count). The lowest BCUT2D eigenvalue weighted by molar-refractivity contribution is 0.0736. The first-order valence-electron chi connectivity index (χ1n) is 11.8. The van der Waals surface area contributed by atoms with Gasteiger partial charge in [-0.15, -0.1) is 0 Å². The maximum Gasteiger partial charge on any atom is 0.344 e. The van der Waals surface area contributed by atoms with Gasteiger partial charge >= 0.3 is 5.97 Å². The maximum atomic E-state index is 13.0. The number of hydrogen-bond donors (Lipinski definition) is 1. The van der Waals surface area contributed by atoms with E-state index in [1.807, 2.05) is 54.6 Å². The molecule has 0 radical (unpaired) electrons. The molecular weight excluding hydrogens is 448 g/mol. The van der Waals surface area contributed by atoms with Gasteiger partial charge in [0, 0.05) is 11.6 Å². The van der Waals surface area contributed by atoms with E-state index in [0.717, 1.165) is 21.9 Å². The summed E-state index contributed by atoms with van der Waals surface area (Å²) in [5.41, 5.74) is 9.94. The van der Waals surface area contributed by atoms with Crippen LogP contribution < -0.4 is 15.2 Å². The van der Waals surface area contributed by atoms with Crippen molar-refractivity contribution < 1.29 is 14.3 Å². The van der Waals surface area contributed by atoms with Crippen LogP contribution in [0.15, 0.2) is 96.4 Å². The number of nitrogens with zero attached hydrogens (tertiary/aromatic N) is 1. The van der Waals surface area contributed by atoms with E-state index in [4.69, 9.17) is 15.2 Å². The number of carbonyl (C=O) groups excluding carboxylic acids is 1. The van der Waals surface area contributed by atoms with Crippen LogP contribution in [0.3, 0.4) is 0 Å². The van der Waals surface area contributed by atoms with Crippen molar-refractivity contribution in [3.05, 3.63) is 119 Å². The Kier molecular flexibility index (Phi) is 5.74. The number of nitrogens with two attached hydrogens (primary N) is 1. The van der Waals surface area contributed by atoms with Crippen LogP contribution in [-0.2, 0) is 5.41 Å². The Morgan fingerprint density at radius 3 is 2.42 bits per heavy atom. The van der Waals surface area contributed by atoms with E-state index in [1.54, 1.807) is 18.2 Å². The van der Waals surface area contributed by atoms with Crippen LogP contribution in [-0.4, -0.2) is 5.97 Å². The summed E-state index contributed by atoms with van der Waals surface area (Å²) in [5.74, 6) is 0.00228. The predicted molar refractivity (Wildman–Crippen MR) is 140 cm³/mol. The molecule has 4 aromatic carbocycles. The van der Waals surface area contributed by atoms with Gasteiger partial charge in [0.05, 0.1) is 11.5 Å². The molecule has 5 nitrogen and oxygen atoms in total. The Labute approximate surface area is 210 Å². The van der Waals surface area contributed by atoms with Crippen LogP contribution in [0.5, 0.6) is 11.5 Å². The average Bonchev–Trinajstić information content (AvgIpc) is 2.87. The topological polar surface area (TPSA) is 85.3 Å². The maximum absolute atomic E-state index is 13.0. The molecule has 0 spiro atoms. The first-order chi connectivity index (χ1) is 17.3. The molecule has 0 saturated carbocycles. The first-order valence-corrected chi connectivity index (χ1v) is 11.8. The lowest BCUT2D eigenvalue weighted by atomic mass is 9.81. The number of nitriles is 1. The highest BCUT2D eigenvalue weighted by Crippen LogP contribution is 2.43. The van der Waals surface area contributed by atoms with Crippen LogP contribution >= 0.6 is 0 Å². The van der Waals surface area contributed by atoms with Gasteiger partial charge in [0.25, 0.3) is 0 Å². The van der Waals surface area contributed by atoms with E-state index >= 15 is 0 Å². The Morgan fingerprint density at radius 2 is 1.69 bits per heavy atom. The summed E-state index contributed by atoms with van der Waals surface area (Å²) >= 11 is 0. The van der Waals surface area contributed by atoms with Crippen molar-refractivity contribution >= 4 is 16.7 Å². The van der Waals surface area contributed by atoms with Crippen LogP contribution in [0.25, 0.3) is 10.8 Å². The molecule has 0 amide bonds. The molecule has 1 heterocycles. The second-order valence-corrected chi connectivity index (χ2v) is 9.91. The summed E-state index contributed by atoms with van der Waals surface area (Å²) < 4.78 is 11.5. The van der Waals surface area contributed by atoms with Crippen molar-refractivity contribution in [2.45, 2.75) is 32.1 Å². The van der Waals surface area contributed by atoms with Gasteiger partial charge in [0.1, 0.15) is 23.1 Å². The van der Waals surface area contributed by atoms with Crippen LogP contribution in [0.1, 0.15) is 53.7 Å². The quantitative estimate of drug-likeness (QED) is 0.268. The van der Waals surface area contributed by atoms with Crippen molar-refractivity contribution in [2.75, 3.05) is 0 Å². The predicted octanol–water partition coefficient (Wildman–Crippen LogP) is 6.57. The molecule has 4 aromatic rings. The smallest absolute Gasteiger partial charge is 0.344 e. The second kappa shape index (κ2) is 8.90. The van der Waals surface area contributed by atoms with E-state index in [2.05, 4.69) is 39.0 Å². The first kappa shape index (κ1) is 23.2. The van der Waals surface area contributed by atoms with E-state index in [1.165, 1.54) is 5.56 Å². The fourth-order valence-corrected chi connectivity index (χ4v) is 4.58. The molecule has 1 atom stereocenters. The highest BCUT2D eigenvalue weighted by atomic mass is 16.5. The largest absolute Gasteiger partial charge is 0.440 e.